The van der Waals surface area contributed by atoms with Crippen LogP contribution in [0.3, 0.4) is 0 Å². The van der Waals surface area contributed by atoms with Crippen molar-refractivity contribution in [3.05, 3.63) is 23.8 Å². The first-order valence-corrected chi connectivity index (χ1v) is 6.35. The van der Waals surface area contributed by atoms with Crippen LogP contribution in [0.5, 0.6) is 0 Å². The number of aromatic nitrogens is 2. The second-order valence-corrected chi connectivity index (χ2v) is 6.22. The van der Waals surface area contributed by atoms with Crippen molar-refractivity contribution in [3.8, 4) is 0 Å². The van der Waals surface area contributed by atoms with Crippen molar-refractivity contribution < 1.29 is 0 Å². The molecule has 0 spiro atoms. The predicted octanol–water partition coefficient (Wildman–Crippen LogP) is 2.56. The molecule has 0 saturated heterocycles. The van der Waals surface area contributed by atoms with Gasteiger partial charge in [-0.3, -0.25) is 0 Å². The molecule has 0 radical (unpaired) electrons. The first-order valence-electron chi connectivity index (χ1n) is 6.35. The van der Waals surface area contributed by atoms with E-state index in [0.29, 0.717) is 10.8 Å². The van der Waals surface area contributed by atoms with Crippen LogP contribution >= 0.6 is 0 Å². The monoisotopic (exact) mass is 233 g/mol. The molecular formula is C14H23N3. The van der Waals surface area contributed by atoms with Gasteiger partial charge in [0.05, 0.1) is 5.69 Å². The van der Waals surface area contributed by atoms with E-state index in [4.69, 9.17) is 0 Å². The van der Waals surface area contributed by atoms with Crippen LogP contribution in [-0.4, -0.2) is 16.5 Å². The van der Waals surface area contributed by atoms with Gasteiger partial charge in [0, 0.05) is 12.7 Å². The Morgan fingerprint density at radius 1 is 1.24 bits per heavy atom. The Morgan fingerprint density at radius 3 is 2.41 bits per heavy atom. The van der Waals surface area contributed by atoms with E-state index >= 15 is 0 Å². The quantitative estimate of drug-likeness (QED) is 0.868. The topological polar surface area (TPSA) is 37.8 Å². The Balaban J connectivity index is 1.82. The van der Waals surface area contributed by atoms with Gasteiger partial charge in [-0.25, -0.2) is 9.97 Å². The minimum absolute atomic E-state index is 0.460. The summed E-state index contributed by atoms with van der Waals surface area (Å²) in [4.78, 5) is 8.49. The fraction of sp³-hybridized carbons (Fsp3) is 0.714. The van der Waals surface area contributed by atoms with Gasteiger partial charge in [-0.2, -0.15) is 0 Å². The molecule has 0 amide bonds. The molecular weight excluding hydrogens is 210 g/mol. The molecule has 3 heteroatoms. The minimum Gasteiger partial charge on any atom is -0.311 e. The van der Waals surface area contributed by atoms with E-state index in [0.717, 1.165) is 30.5 Å². The van der Waals surface area contributed by atoms with E-state index in [9.17, 15) is 0 Å². The van der Waals surface area contributed by atoms with Gasteiger partial charge in [-0.1, -0.05) is 27.7 Å². The minimum atomic E-state index is 0.460. The summed E-state index contributed by atoms with van der Waals surface area (Å²) in [6.45, 7) is 13.3. The molecule has 1 N–H and O–H groups in total. The van der Waals surface area contributed by atoms with Crippen LogP contribution < -0.4 is 5.32 Å². The molecule has 3 nitrogen and oxygen atoms in total. The number of nitrogens with zero attached hydrogens (tertiary/aromatic N) is 2. The molecule has 1 aromatic rings. The number of rotatable bonds is 4. The zero-order valence-electron chi connectivity index (χ0n) is 11.5. The average Bonchev–Trinajstić information content (AvgIpc) is 2.60. The van der Waals surface area contributed by atoms with E-state index in [-0.39, 0.29) is 0 Å². The lowest BCUT2D eigenvalue weighted by Crippen LogP contribution is -2.19. The normalized spacial score (nSPS) is 21.5. The molecule has 0 bridgehead atoms. The van der Waals surface area contributed by atoms with Crippen LogP contribution in [0.15, 0.2) is 12.3 Å². The molecule has 1 aliphatic rings. The lowest BCUT2D eigenvalue weighted by molar-refractivity contribution is 0.457. The number of aryl methyl sites for hydroxylation is 1. The molecule has 0 unspecified atom stereocenters. The van der Waals surface area contributed by atoms with E-state index in [1.54, 1.807) is 0 Å². The summed E-state index contributed by atoms with van der Waals surface area (Å²) < 4.78 is 0. The van der Waals surface area contributed by atoms with E-state index in [1.165, 1.54) is 0 Å². The van der Waals surface area contributed by atoms with Crippen molar-refractivity contribution in [2.45, 2.75) is 41.2 Å². The van der Waals surface area contributed by atoms with Gasteiger partial charge in [-0.05, 0) is 36.3 Å². The van der Waals surface area contributed by atoms with Crippen molar-refractivity contribution in [3.63, 3.8) is 0 Å². The summed E-state index contributed by atoms with van der Waals surface area (Å²) in [6.07, 6.45) is 1.82. The molecule has 0 atom stereocenters. The Hall–Kier alpha value is -0.960. The summed E-state index contributed by atoms with van der Waals surface area (Å²) in [5.41, 5.74) is 2.00. The summed E-state index contributed by atoms with van der Waals surface area (Å²) in [7, 11) is 0. The van der Waals surface area contributed by atoms with Gasteiger partial charge in [0.25, 0.3) is 0 Å². The lowest BCUT2D eigenvalue weighted by atomic mass is 10.0. The third kappa shape index (κ3) is 2.21. The first kappa shape index (κ1) is 12.5. The molecule has 94 valence electrons. The summed E-state index contributed by atoms with van der Waals surface area (Å²) >= 11 is 0. The van der Waals surface area contributed by atoms with Gasteiger partial charge in [-0.15, -0.1) is 0 Å². The van der Waals surface area contributed by atoms with Gasteiger partial charge < -0.3 is 5.32 Å². The molecule has 1 fully saturated rings. The third-order valence-electron chi connectivity index (χ3n) is 4.81. The lowest BCUT2D eigenvalue weighted by Gasteiger charge is -2.06. The number of nitrogens with one attached hydrogen (secondary N) is 1. The maximum Gasteiger partial charge on any atom is 0.125 e. The maximum absolute atomic E-state index is 4.39. The van der Waals surface area contributed by atoms with Crippen molar-refractivity contribution >= 4 is 0 Å². The van der Waals surface area contributed by atoms with Crippen molar-refractivity contribution in [1.29, 1.82) is 0 Å². The summed E-state index contributed by atoms with van der Waals surface area (Å²) in [5, 5.41) is 3.51. The van der Waals surface area contributed by atoms with E-state index in [2.05, 4.69) is 43.0 Å². The van der Waals surface area contributed by atoms with Crippen LogP contribution in [0.4, 0.5) is 0 Å². The van der Waals surface area contributed by atoms with Crippen LogP contribution in [0, 0.1) is 23.7 Å². The fourth-order valence-corrected chi connectivity index (χ4v) is 2.79. The molecule has 1 heterocycles. The second kappa shape index (κ2) is 4.05. The van der Waals surface area contributed by atoms with Crippen LogP contribution in [0.2, 0.25) is 0 Å². The average molecular weight is 233 g/mol. The predicted molar refractivity (Wildman–Crippen MR) is 69.5 cm³/mol. The van der Waals surface area contributed by atoms with Crippen molar-refractivity contribution in [1.82, 2.24) is 15.3 Å². The number of hydrogen-bond donors (Lipinski definition) is 1. The molecule has 1 aromatic heterocycles. The standard InChI is InChI=1S/C14H23N3/c1-10-16-7-6-11(17-10)8-15-9-12-13(2,3)14(12,4)5/h6-7,12,15H,8-9H2,1-5H3. The van der Waals surface area contributed by atoms with Crippen LogP contribution in [0.1, 0.15) is 39.2 Å². The zero-order valence-corrected chi connectivity index (χ0v) is 11.5. The molecule has 0 aliphatic heterocycles. The van der Waals surface area contributed by atoms with E-state index in [1.807, 2.05) is 19.2 Å². The van der Waals surface area contributed by atoms with Gasteiger partial charge in [0.1, 0.15) is 5.82 Å². The molecule has 17 heavy (non-hydrogen) atoms. The zero-order chi connectivity index (χ0) is 12.7. The molecule has 0 aromatic carbocycles. The fourth-order valence-electron chi connectivity index (χ4n) is 2.79. The van der Waals surface area contributed by atoms with Crippen LogP contribution in [0.25, 0.3) is 0 Å². The Labute approximate surface area is 104 Å². The number of hydrogen-bond acceptors (Lipinski definition) is 3. The second-order valence-electron chi connectivity index (χ2n) is 6.22. The third-order valence-corrected chi connectivity index (χ3v) is 4.81. The first-order chi connectivity index (χ1) is 7.85. The largest absolute Gasteiger partial charge is 0.311 e. The Kier molecular flexibility index (Phi) is 2.98. The van der Waals surface area contributed by atoms with Gasteiger partial charge >= 0.3 is 0 Å². The highest BCUT2D eigenvalue weighted by Crippen LogP contribution is 2.67. The summed E-state index contributed by atoms with van der Waals surface area (Å²) in [6, 6.07) is 1.98. The molecule has 2 rings (SSSR count). The maximum atomic E-state index is 4.39. The summed E-state index contributed by atoms with van der Waals surface area (Å²) in [5.74, 6) is 1.61. The highest BCUT2D eigenvalue weighted by molar-refractivity contribution is 5.13. The van der Waals surface area contributed by atoms with Crippen molar-refractivity contribution in [2.24, 2.45) is 16.7 Å². The molecule has 1 saturated carbocycles. The SMILES string of the molecule is Cc1nccc(CNCC2C(C)(C)C2(C)C)n1. The van der Waals surface area contributed by atoms with Crippen LogP contribution in [-0.2, 0) is 6.54 Å². The smallest absolute Gasteiger partial charge is 0.125 e. The van der Waals surface area contributed by atoms with E-state index < -0.39 is 0 Å². The Bertz CT molecular complexity index is 396. The Morgan fingerprint density at radius 2 is 1.88 bits per heavy atom. The highest BCUT2D eigenvalue weighted by atomic mass is 14.9. The van der Waals surface area contributed by atoms with Gasteiger partial charge in [0.2, 0.25) is 0 Å². The van der Waals surface area contributed by atoms with Gasteiger partial charge in [0.15, 0.2) is 0 Å². The highest BCUT2D eigenvalue weighted by Gasteiger charge is 2.63. The molecule has 1 aliphatic carbocycles. The van der Waals surface area contributed by atoms with Crippen molar-refractivity contribution in [2.75, 3.05) is 6.54 Å².